The molecule has 0 N–H and O–H groups in total. The molecule has 0 saturated heterocycles. The van der Waals surface area contributed by atoms with Crippen LogP contribution in [0.25, 0.3) is 6.08 Å². The fourth-order valence-corrected chi connectivity index (χ4v) is 4.76. The van der Waals surface area contributed by atoms with Crippen LogP contribution in [0.4, 0.5) is 0 Å². The predicted molar refractivity (Wildman–Crippen MR) is 104 cm³/mol. The van der Waals surface area contributed by atoms with Gasteiger partial charge in [0.2, 0.25) is 0 Å². The Bertz CT molecular complexity index is 844. The molecule has 4 heteroatoms. The number of fused-ring (bicyclic) bond motifs is 3. The molecule has 0 amide bonds. The second kappa shape index (κ2) is 5.26. The molecule has 0 radical (unpaired) electrons. The molecule has 0 bridgehead atoms. The van der Waals surface area contributed by atoms with Crippen LogP contribution in [-0.2, 0) is 19.9 Å². The van der Waals surface area contributed by atoms with E-state index in [4.69, 9.17) is 0 Å². The van der Waals surface area contributed by atoms with E-state index >= 15 is 0 Å². The maximum absolute atomic E-state index is 12.8. The monoisotopic (exact) mass is 343 g/mol. The molecule has 0 fully saturated rings. The van der Waals surface area contributed by atoms with Gasteiger partial charge in [0.1, 0.15) is 0 Å². The van der Waals surface area contributed by atoms with Crippen molar-refractivity contribution in [3.63, 3.8) is 0 Å². The first-order valence-corrected chi connectivity index (χ1v) is 9.39. The maximum Gasteiger partial charge on any atom is 0.265 e. The van der Waals surface area contributed by atoms with Crippen molar-refractivity contribution in [3.8, 4) is 0 Å². The number of allylic oxidation sites excluding steroid dienone is 1. The molecule has 2 heterocycles. The van der Waals surface area contributed by atoms with Gasteiger partial charge in [0, 0.05) is 12.6 Å². The van der Waals surface area contributed by atoms with Crippen LogP contribution in [0.2, 0.25) is 0 Å². The zero-order valence-electron chi connectivity index (χ0n) is 15.7. The number of rotatable bonds is 0. The Morgan fingerprint density at radius 2 is 1.54 bits per heavy atom. The highest BCUT2D eigenvalue weighted by Crippen LogP contribution is 2.38. The molecule has 3 nitrogen and oxygen atoms in total. The van der Waals surface area contributed by atoms with E-state index in [1.165, 1.54) is 15.4 Å². The number of nitrogens with zero attached hydrogens (tertiary/aromatic N) is 1. The summed E-state index contributed by atoms with van der Waals surface area (Å²) in [5.74, 6) is 0. The van der Waals surface area contributed by atoms with Gasteiger partial charge < -0.3 is 0 Å². The maximum atomic E-state index is 12.8. The summed E-state index contributed by atoms with van der Waals surface area (Å²) >= 11 is 0. The molecule has 128 valence electrons. The van der Waals surface area contributed by atoms with Crippen molar-refractivity contribution >= 4 is 24.9 Å². The van der Waals surface area contributed by atoms with Crippen molar-refractivity contribution in [2.75, 3.05) is 0 Å². The first kappa shape index (κ1) is 17.4. The van der Waals surface area contributed by atoms with Gasteiger partial charge in [0.15, 0.2) is 0 Å². The lowest BCUT2D eigenvalue weighted by Gasteiger charge is -2.21. The van der Waals surface area contributed by atoms with Crippen molar-refractivity contribution in [3.05, 3.63) is 43.0 Å². The Hall–Kier alpha value is -1.47. The third kappa shape index (κ3) is 2.63. The van der Waals surface area contributed by atoms with E-state index < -0.39 is 0 Å². The van der Waals surface area contributed by atoms with Crippen LogP contribution < -0.4 is 16.4 Å². The molecule has 0 atom stereocenters. The highest BCUT2D eigenvalue weighted by molar-refractivity contribution is 7.50. The van der Waals surface area contributed by atoms with Crippen molar-refractivity contribution in [1.29, 1.82) is 0 Å². The van der Waals surface area contributed by atoms with Crippen LogP contribution in [0.1, 0.15) is 58.2 Å². The van der Waals surface area contributed by atoms with E-state index in [0.717, 1.165) is 43.0 Å². The molecular weight excluding hydrogens is 317 g/mol. The molecule has 2 aliphatic rings. The third-order valence-electron chi connectivity index (χ3n) is 5.12. The summed E-state index contributed by atoms with van der Waals surface area (Å²) in [7, 11) is 2.61. The highest BCUT2D eigenvalue weighted by atomic mass is 31.1. The summed E-state index contributed by atoms with van der Waals surface area (Å²) in [6.45, 7) is 13.1. The Morgan fingerprint density at radius 3 is 2.08 bits per heavy atom. The van der Waals surface area contributed by atoms with Crippen LogP contribution >= 0.6 is 8.20 Å². The van der Waals surface area contributed by atoms with Gasteiger partial charge in [-0.2, -0.15) is 0 Å². The smallest absolute Gasteiger partial charge is 0.265 e. The zero-order chi connectivity index (χ0) is 18.0. The van der Waals surface area contributed by atoms with Crippen LogP contribution in [0.5, 0.6) is 0 Å². The summed E-state index contributed by atoms with van der Waals surface area (Å²) in [5.41, 5.74) is 4.01. The SMILES string of the molecule is Cn1c(=O)c2c(c3c(c1=O)P=C(C(C)(C)C)C3)CC(C(C)(C)C)=C2. The van der Waals surface area contributed by atoms with Gasteiger partial charge in [-0.15, -0.1) is 0 Å². The summed E-state index contributed by atoms with van der Waals surface area (Å²) in [5, 5.41) is 2.17. The highest BCUT2D eigenvalue weighted by Gasteiger charge is 2.32. The minimum Gasteiger partial charge on any atom is -0.277 e. The Kier molecular flexibility index (Phi) is 3.80. The predicted octanol–water partition coefficient (Wildman–Crippen LogP) is 3.08. The van der Waals surface area contributed by atoms with E-state index in [9.17, 15) is 9.59 Å². The van der Waals surface area contributed by atoms with E-state index in [1.807, 2.05) is 6.08 Å². The second-order valence-corrected chi connectivity index (χ2v) is 10.2. The molecule has 1 aromatic rings. The van der Waals surface area contributed by atoms with Gasteiger partial charge in [-0.3, -0.25) is 14.2 Å². The minimum atomic E-state index is -0.156. The Labute approximate surface area is 145 Å². The van der Waals surface area contributed by atoms with Gasteiger partial charge in [-0.1, -0.05) is 55.3 Å². The fraction of sp³-hybridized carbons (Fsp3) is 0.550. The zero-order valence-corrected chi connectivity index (χ0v) is 16.6. The molecular formula is C20H26NO2P. The van der Waals surface area contributed by atoms with Crippen LogP contribution in [0.3, 0.4) is 0 Å². The van der Waals surface area contributed by atoms with Crippen molar-refractivity contribution in [2.45, 2.75) is 54.4 Å². The average Bonchev–Trinajstić information content (AvgIpc) is 3.05. The van der Waals surface area contributed by atoms with Gasteiger partial charge in [0.25, 0.3) is 11.1 Å². The van der Waals surface area contributed by atoms with Crippen LogP contribution in [0.15, 0.2) is 15.2 Å². The van der Waals surface area contributed by atoms with E-state index in [2.05, 4.69) is 41.5 Å². The first-order chi connectivity index (χ1) is 10.9. The molecule has 24 heavy (non-hydrogen) atoms. The molecule has 0 saturated carbocycles. The summed E-state index contributed by atoms with van der Waals surface area (Å²) in [4.78, 5) is 25.6. The summed E-state index contributed by atoms with van der Waals surface area (Å²) in [6.07, 6.45) is 3.64. The normalized spacial score (nSPS) is 17.3. The summed E-state index contributed by atoms with van der Waals surface area (Å²) in [6, 6.07) is 0. The molecule has 1 aromatic heterocycles. The Morgan fingerprint density at radius 1 is 0.917 bits per heavy atom. The number of hydrogen-bond acceptors (Lipinski definition) is 2. The number of aromatic nitrogens is 1. The average molecular weight is 343 g/mol. The van der Waals surface area contributed by atoms with Crippen LogP contribution in [-0.4, -0.2) is 9.86 Å². The molecule has 0 aromatic carbocycles. The topological polar surface area (TPSA) is 39.1 Å². The lowest BCUT2D eigenvalue weighted by atomic mass is 9.84. The van der Waals surface area contributed by atoms with Gasteiger partial charge in [-0.25, -0.2) is 0 Å². The molecule has 1 aliphatic heterocycles. The van der Waals surface area contributed by atoms with Crippen molar-refractivity contribution in [1.82, 2.24) is 4.57 Å². The summed E-state index contributed by atoms with van der Waals surface area (Å²) < 4.78 is 1.30. The van der Waals surface area contributed by atoms with Gasteiger partial charge >= 0.3 is 0 Å². The quantitative estimate of drug-likeness (QED) is 0.679. The second-order valence-electron chi connectivity index (χ2n) is 8.97. The third-order valence-corrected chi connectivity index (χ3v) is 6.91. The van der Waals surface area contributed by atoms with Crippen LogP contribution in [0, 0.1) is 10.8 Å². The van der Waals surface area contributed by atoms with E-state index in [0.29, 0.717) is 0 Å². The fourth-order valence-electron chi connectivity index (χ4n) is 3.32. The van der Waals surface area contributed by atoms with E-state index in [1.54, 1.807) is 7.05 Å². The van der Waals surface area contributed by atoms with Crippen molar-refractivity contribution in [2.24, 2.45) is 17.9 Å². The molecule has 0 unspecified atom stereocenters. The Balaban J connectivity index is 2.31. The van der Waals surface area contributed by atoms with E-state index in [-0.39, 0.29) is 21.9 Å². The lowest BCUT2D eigenvalue weighted by molar-refractivity contribution is 0.498. The minimum absolute atomic E-state index is 0.0304. The van der Waals surface area contributed by atoms with Gasteiger partial charge in [0.05, 0.1) is 5.30 Å². The molecule has 3 rings (SSSR count). The first-order valence-electron chi connectivity index (χ1n) is 8.49. The standard InChI is InChI=1S/C20H26NO2P/c1-19(2,3)11-8-12-13-10-15(20(4,5)6)24-16(13)18(23)21(7)17(22)14(12)9-11/h9H,8,10H2,1-7H3. The molecule has 1 aliphatic carbocycles. The number of hydrogen-bond donors (Lipinski definition) is 0. The lowest BCUT2D eigenvalue weighted by Crippen LogP contribution is -2.34. The molecule has 0 spiro atoms. The van der Waals surface area contributed by atoms with Crippen molar-refractivity contribution < 1.29 is 0 Å². The largest absolute Gasteiger partial charge is 0.277 e. The van der Waals surface area contributed by atoms with Gasteiger partial charge in [-0.05, 0) is 46.2 Å².